The molecule has 1 aromatic heterocycles. The Labute approximate surface area is 257 Å². The smallest absolute Gasteiger partial charge is 0.142 e. The molecular formula is C43H30O. The van der Waals surface area contributed by atoms with Crippen molar-refractivity contribution < 1.29 is 4.42 Å². The van der Waals surface area contributed by atoms with Gasteiger partial charge in [0.25, 0.3) is 0 Å². The fourth-order valence-corrected chi connectivity index (χ4v) is 6.90. The zero-order valence-corrected chi connectivity index (χ0v) is 24.5. The molecular weight excluding hydrogens is 532 g/mol. The van der Waals surface area contributed by atoms with E-state index in [1.807, 2.05) is 6.08 Å². The number of aryl methyl sites for hydroxylation is 1. The molecule has 0 aliphatic heterocycles. The summed E-state index contributed by atoms with van der Waals surface area (Å²) in [6.45, 7) is 6.32. The molecule has 0 atom stereocenters. The van der Waals surface area contributed by atoms with E-state index in [1.165, 1.54) is 49.0 Å². The number of para-hydroxylation sites is 1. The third-order valence-electron chi connectivity index (χ3n) is 8.84. The van der Waals surface area contributed by atoms with Gasteiger partial charge in [0.15, 0.2) is 0 Å². The average molecular weight is 563 g/mol. The van der Waals surface area contributed by atoms with Crippen molar-refractivity contribution in [2.45, 2.75) is 6.92 Å². The van der Waals surface area contributed by atoms with Gasteiger partial charge in [-0.25, -0.2) is 0 Å². The van der Waals surface area contributed by atoms with Crippen molar-refractivity contribution in [3.63, 3.8) is 0 Å². The molecule has 1 heterocycles. The van der Waals surface area contributed by atoms with Gasteiger partial charge in [-0.1, -0.05) is 158 Å². The van der Waals surface area contributed by atoms with Gasteiger partial charge in [-0.2, -0.15) is 0 Å². The van der Waals surface area contributed by atoms with Crippen LogP contribution in [0.2, 0.25) is 0 Å². The van der Waals surface area contributed by atoms with Gasteiger partial charge >= 0.3 is 0 Å². The molecule has 7 aromatic carbocycles. The lowest BCUT2D eigenvalue weighted by Gasteiger charge is -2.19. The van der Waals surface area contributed by atoms with E-state index < -0.39 is 0 Å². The van der Waals surface area contributed by atoms with Crippen LogP contribution < -0.4 is 0 Å². The third-order valence-corrected chi connectivity index (χ3v) is 8.84. The van der Waals surface area contributed by atoms with Crippen molar-refractivity contribution >= 4 is 48.9 Å². The number of rotatable bonds is 5. The van der Waals surface area contributed by atoms with Crippen LogP contribution in [-0.4, -0.2) is 0 Å². The molecule has 44 heavy (non-hydrogen) atoms. The first-order valence-electron chi connectivity index (χ1n) is 15.1. The van der Waals surface area contributed by atoms with Crippen LogP contribution in [0.5, 0.6) is 0 Å². The number of furan rings is 1. The van der Waals surface area contributed by atoms with Crippen LogP contribution in [0.3, 0.4) is 0 Å². The Kier molecular flexibility index (Phi) is 6.24. The minimum Gasteiger partial charge on any atom is -0.455 e. The van der Waals surface area contributed by atoms with E-state index in [2.05, 4.69) is 159 Å². The quantitative estimate of drug-likeness (QED) is 0.150. The molecule has 0 amide bonds. The second-order valence-corrected chi connectivity index (χ2v) is 11.3. The summed E-state index contributed by atoms with van der Waals surface area (Å²) in [7, 11) is 0. The van der Waals surface area contributed by atoms with Crippen molar-refractivity contribution in [3.8, 4) is 22.3 Å². The molecule has 8 aromatic rings. The molecule has 208 valence electrons. The highest BCUT2D eigenvalue weighted by Gasteiger charge is 2.23. The largest absolute Gasteiger partial charge is 0.455 e. The Bertz CT molecular complexity index is 2340. The van der Waals surface area contributed by atoms with Crippen LogP contribution >= 0.6 is 0 Å². The zero-order valence-electron chi connectivity index (χ0n) is 24.5. The highest BCUT2D eigenvalue weighted by Crippen LogP contribution is 2.46. The fraction of sp³-hybridized carbons (Fsp3) is 0.0233. The molecule has 1 nitrogen and oxygen atoms in total. The highest BCUT2D eigenvalue weighted by molar-refractivity contribution is 6.20. The summed E-state index contributed by atoms with van der Waals surface area (Å²) in [5, 5.41) is 8.36. The molecule has 0 bridgehead atoms. The topological polar surface area (TPSA) is 13.1 Å². The molecule has 0 unspecified atom stereocenters. The summed E-state index contributed by atoms with van der Waals surface area (Å²) >= 11 is 0. The Morgan fingerprint density at radius 3 is 1.80 bits per heavy atom. The summed E-state index contributed by atoms with van der Waals surface area (Å²) in [5.74, 6) is 0.871. The summed E-state index contributed by atoms with van der Waals surface area (Å²) in [6.07, 6.45) is 3.99. The Morgan fingerprint density at radius 1 is 0.545 bits per heavy atom. The van der Waals surface area contributed by atoms with Crippen LogP contribution in [0.4, 0.5) is 0 Å². The van der Waals surface area contributed by atoms with E-state index >= 15 is 0 Å². The van der Waals surface area contributed by atoms with Gasteiger partial charge in [0.05, 0.1) is 0 Å². The Hall–Kier alpha value is -5.66. The first-order chi connectivity index (χ1) is 21.7. The molecule has 0 spiro atoms. The van der Waals surface area contributed by atoms with E-state index in [-0.39, 0.29) is 0 Å². The molecule has 0 fully saturated rings. The standard InChI is InChI=1S/C43H30O/c1-3-15-39(41-36-23-11-9-21-34(36)40(30-17-5-4-6-18-30)35-22-10-12-24-37(35)41)42-28(2)31-25-14-27-38(43(31)44-42)33-26-13-19-29-16-7-8-20-32(29)33/h3-27H,1H2,2H3/b39-15-. The van der Waals surface area contributed by atoms with Crippen LogP contribution in [0.1, 0.15) is 16.9 Å². The van der Waals surface area contributed by atoms with E-state index in [4.69, 9.17) is 4.42 Å². The third kappa shape index (κ3) is 4.01. The molecule has 0 N–H and O–H groups in total. The van der Waals surface area contributed by atoms with Gasteiger partial charge in [-0.05, 0) is 55.9 Å². The van der Waals surface area contributed by atoms with Gasteiger partial charge in [-0.15, -0.1) is 0 Å². The number of fused-ring (bicyclic) bond motifs is 4. The lowest BCUT2D eigenvalue weighted by atomic mass is 9.84. The van der Waals surface area contributed by atoms with Crippen LogP contribution in [-0.2, 0) is 0 Å². The number of benzene rings is 7. The molecule has 0 saturated heterocycles. The molecule has 1 heteroatoms. The Balaban J connectivity index is 1.44. The minimum atomic E-state index is 0.871. The van der Waals surface area contributed by atoms with Crippen molar-refractivity contribution in [2.24, 2.45) is 0 Å². The van der Waals surface area contributed by atoms with Crippen molar-refractivity contribution in [3.05, 3.63) is 175 Å². The zero-order chi connectivity index (χ0) is 29.6. The SMILES string of the molecule is C=C/C=C(\c1oc2c(-c3cccc4ccccc34)cccc2c1C)c1c2ccccc2c(-c2ccccc2)c2ccccc12. The number of hydrogen-bond acceptors (Lipinski definition) is 1. The summed E-state index contributed by atoms with van der Waals surface area (Å²) in [4.78, 5) is 0. The highest BCUT2D eigenvalue weighted by atomic mass is 16.3. The maximum absolute atomic E-state index is 7.00. The van der Waals surface area contributed by atoms with E-state index in [0.717, 1.165) is 39.0 Å². The van der Waals surface area contributed by atoms with Crippen molar-refractivity contribution in [1.29, 1.82) is 0 Å². The summed E-state index contributed by atoms with van der Waals surface area (Å²) in [6, 6.07) is 49.7. The van der Waals surface area contributed by atoms with E-state index in [1.54, 1.807) is 0 Å². The van der Waals surface area contributed by atoms with Crippen LogP contribution in [0.15, 0.2) is 163 Å². The summed E-state index contributed by atoms with van der Waals surface area (Å²) < 4.78 is 7.00. The monoisotopic (exact) mass is 562 g/mol. The maximum Gasteiger partial charge on any atom is 0.142 e. The van der Waals surface area contributed by atoms with Gasteiger partial charge in [0.1, 0.15) is 11.3 Å². The lowest BCUT2D eigenvalue weighted by Crippen LogP contribution is -1.95. The van der Waals surface area contributed by atoms with Gasteiger partial charge < -0.3 is 4.42 Å². The van der Waals surface area contributed by atoms with Crippen molar-refractivity contribution in [1.82, 2.24) is 0 Å². The average Bonchev–Trinajstić information content (AvgIpc) is 3.42. The van der Waals surface area contributed by atoms with Gasteiger partial charge in [0.2, 0.25) is 0 Å². The summed E-state index contributed by atoms with van der Waals surface area (Å²) in [5.41, 5.74) is 8.94. The van der Waals surface area contributed by atoms with Gasteiger partial charge in [0, 0.05) is 27.6 Å². The first-order valence-corrected chi connectivity index (χ1v) is 15.1. The minimum absolute atomic E-state index is 0.871. The second-order valence-electron chi connectivity index (χ2n) is 11.3. The molecule has 0 saturated carbocycles. The second kappa shape index (κ2) is 10.6. The van der Waals surface area contributed by atoms with Crippen LogP contribution in [0.25, 0.3) is 71.1 Å². The maximum atomic E-state index is 7.00. The molecule has 8 rings (SSSR count). The van der Waals surface area contributed by atoms with E-state index in [0.29, 0.717) is 0 Å². The lowest BCUT2D eigenvalue weighted by molar-refractivity contribution is 0.598. The first kappa shape index (κ1) is 26.0. The van der Waals surface area contributed by atoms with Crippen LogP contribution in [0, 0.1) is 6.92 Å². The molecule has 0 aliphatic rings. The molecule has 0 radical (unpaired) electrons. The number of hydrogen-bond donors (Lipinski definition) is 0. The molecule has 0 aliphatic carbocycles. The predicted molar refractivity (Wildman–Crippen MR) is 188 cm³/mol. The van der Waals surface area contributed by atoms with E-state index in [9.17, 15) is 0 Å². The fourth-order valence-electron chi connectivity index (χ4n) is 6.90. The predicted octanol–water partition coefficient (Wildman–Crippen LogP) is 12.2. The van der Waals surface area contributed by atoms with Crippen molar-refractivity contribution in [2.75, 3.05) is 0 Å². The number of allylic oxidation sites excluding steroid dienone is 2. The Morgan fingerprint density at radius 2 is 1.09 bits per heavy atom. The normalized spacial score (nSPS) is 12.0. The van der Waals surface area contributed by atoms with Gasteiger partial charge in [-0.3, -0.25) is 0 Å².